The van der Waals surface area contributed by atoms with Crippen LogP contribution < -0.4 is 0 Å². The molecule has 3 aromatic rings. The lowest BCUT2D eigenvalue weighted by Crippen LogP contribution is -1.95. The standard InChI is InChI=1S/C12H9N5.C4H10/c1-3-10(12-14-5-2-6-15-12)7-11(4-1)17-9-13-8-16-17;1-4(2)3/h1-9H;4H,1-3H3. The number of benzene rings is 1. The molecule has 0 N–H and O–H groups in total. The molecule has 3 rings (SSSR count). The maximum atomic E-state index is 4.22. The zero-order valence-corrected chi connectivity index (χ0v) is 12.5. The van der Waals surface area contributed by atoms with Crippen molar-refractivity contribution in [3.8, 4) is 17.1 Å². The Morgan fingerprint density at radius 1 is 1.00 bits per heavy atom. The molecule has 0 atom stereocenters. The lowest BCUT2D eigenvalue weighted by Gasteiger charge is -2.03. The molecule has 108 valence electrons. The van der Waals surface area contributed by atoms with E-state index < -0.39 is 0 Å². The molecule has 0 unspecified atom stereocenters. The minimum Gasteiger partial charge on any atom is -0.237 e. The van der Waals surface area contributed by atoms with Gasteiger partial charge in [-0.3, -0.25) is 0 Å². The molecule has 0 saturated heterocycles. The second-order valence-electron chi connectivity index (χ2n) is 5.19. The van der Waals surface area contributed by atoms with E-state index in [-0.39, 0.29) is 0 Å². The van der Waals surface area contributed by atoms with Crippen molar-refractivity contribution in [2.24, 2.45) is 5.92 Å². The summed E-state index contributed by atoms with van der Waals surface area (Å²) in [5.74, 6) is 1.54. The first kappa shape index (κ1) is 14.8. The molecule has 0 amide bonds. The van der Waals surface area contributed by atoms with Crippen molar-refractivity contribution >= 4 is 0 Å². The second kappa shape index (κ2) is 7.28. The Morgan fingerprint density at radius 2 is 1.71 bits per heavy atom. The van der Waals surface area contributed by atoms with E-state index in [9.17, 15) is 0 Å². The fourth-order valence-corrected chi connectivity index (χ4v) is 1.58. The van der Waals surface area contributed by atoms with Crippen LogP contribution in [0.2, 0.25) is 0 Å². The molecule has 5 nitrogen and oxygen atoms in total. The van der Waals surface area contributed by atoms with Gasteiger partial charge in [0.25, 0.3) is 0 Å². The average Bonchev–Trinajstić information content (AvgIpc) is 3.02. The van der Waals surface area contributed by atoms with E-state index in [4.69, 9.17) is 0 Å². The highest BCUT2D eigenvalue weighted by atomic mass is 15.3. The molecule has 0 radical (unpaired) electrons. The van der Waals surface area contributed by atoms with Crippen molar-refractivity contribution < 1.29 is 0 Å². The molecule has 0 aliphatic carbocycles. The third-order valence-electron chi connectivity index (χ3n) is 2.35. The van der Waals surface area contributed by atoms with Crippen LogP contribution in [-0.2, 0) is 0 Å². The molecule has 2 aromatic heterocycles. The summed E-state index contributed by atoms with van der Waals surface area (Å²) in [6.45, 7) is 6.50. The minimum atomic E-state index is 0.703. The van der Waals surface area contributed by atoms with Crippen LogP contribution in [0.3, 0.4) is 0 Å². The zero-order chi connectivity index (χ0) is 15.1. The molecule has 2 heterocycles. The predicted octanol–water partition coefficient (Wildman–Crippen LogP) is 3.39. The molecule has 0 saturated carbocycles. The third-order valence-corrected chi connectivity index (χ3v) is 2.35. The smallest absolute Gasteiger partial charge is 0.159 e. The van der Waals surface area contributed by atoms with Gasteiger partial charge in [-0.15, -0.1) is 0 Å². The largest absolute Gasteiger partial charge is 0.237 e. The van der Waals surface area contributed by atoms with E-state index in [2.05, 4.69) is 40.8 Å². The maximum Gasteiger partial charge on any atom is 0.159 e. The van der Waals surface area contributed by atoms with Gasteiger partial charge in [-0.05, 0) is 24.1 Å². The van der Waals surface area contributed by atoms with E-state index in [0.29, 0.717) is 5.82 Å². The van der Waals surface area contributed by atoms with Crippen molar-refractivity contribution in [2.45, 2.75) is 20.8 Å². The van der Waals surface area contributed by atoms with Crippen LogP contribution in [0.4, 0.5) is 0 Å². The molecular formula is C16H19N5. The zero-order valence-electron chi connectivity index (χ0n) is 12.5. The van der Waals surface area contributed by atoms with Crippen LogP contribution >= 0.6 is 0 Å². The van der Waals surface area contributed by atoms with E-state index >= 15 is 0 Å². The second-order valence-corrected chi connectivity index (χ2v) is 5.19. The topological polar surface area (TPSA) is 56.5 Å². The van der Waals surface area contributed by atoms with Crippen molar-refractivity contribution in [3.05, 3.63) is 55.4 Å². The average molecular weight is 281 g/mol. The molecule has 0 fully saturated rings. The summed E-state index contributed by atoms with van der Waals surface area (Å²) >= 11 is 0. The Morgan fingerprint density at radius 3 is 2.33 bits per heavy atom. The SMILES string of the molecule is CC(C)C.c1cnc(-c2cccc(-n3cncn3)c2)nc1. The summed E-state index contributed by atoms with van der Waals surface area (Å²) in [6.07, 6.45) is 6.62. The molecule has 0 aliphatic heterocycles. The summed E-state index contributed by atoms with van der Waals surface area (Å²) in [4.78, 5) is 12.4. The van der Waals surface area contributed by atoms with Crippen molar-refractivity contribution in [1.29, 1.82) is 0 Å². The van der Waals surface area contributed by atoms with Crippen LogP contribution in [-0.4, -0.2) is 24.7 Å². The van der Waals surface area contributed by atoms with E-state index in [0.717, 1.165) is 17.2 Å². The number of hydrogen-bond acceptors (Lipinski definition) is 4. The van der Waals surface area contributed by atoms with Crippen LogP contribution in [0, 0.1) is 5.92 Å². The van der Waals surface area contributed by atoms with Crippen molar-refractivity contribution in [3.63, 3.8) is 0 Å². The Balaban J connectivity index is 0.000000361. The molecule has 21 heavy (non-hydrogen) atoms. The van der Waals surface area contributed by atoms with Crippen LogP contribution in [0.25, 0.3) is 17.1 Å². The summed E-state index contributed by atoms with van der Waals surface area (Å²) in [7, 11) is 0. The Bertz CT molecular complexity index is 645. The van der Waals surface area contributed by atoms with Gasteiger partial charge in [-0.1, -0.05) is 32.9 Å². The van der Waals surface area contributed by atoms with Gasteiger partial charge in [0.15, 0.2) is 5.82 Å². The van der Waals surface area contributed by atoms with Gasteiger partial charge in [0.05, 0.1) is 5.69 Å². The molecule has 0 spiro atoms. The number of aromatic nitrogens is 5. The highest BCUT2D eigenvalue weighted by Gasteiger charge is 2.02. The lowest BCUT2D eigenvalue weighted by atomic mass is 10.2. The Labute approximate surface area is 124 Å². The Kier molecular flexibility index (Phi) is 5.15. The molecule has 5 heteroatoms. The fourth-order valence-electron chi connectivity index (χ4n) is 1.58. The third kappa shape index (κ3) is 4.49. The number of hydrogen-bond donors (Lipinski definition) is 0. The summed E-state index contributed by atoms with van der Waals surface area (Å²) < 4.78 is 1.70. The summed E-state index contributed by atoms with van der Waals surface area (Å²) in [5, 5.41) is 4.09. The van der Waals surface area contributed by atoms with Gasteiger partial charge in [0.2, 0.25) is 0 Å². The minimum absolute atomic E-state index is 0.703. The van der Waals surface area contributed by atoms with Gasteiger partial charge < -0.3 is 0 Å². The van der Waals surface area contributed by atoms with Gasteiger partial charge >= 0.3 is 0 Å². The van der Waals surface area contributed by atoms with Gasteiger partial charge in [-0.2, -0.15) is 5.10 Å². The van der Waals surface area contributed by atoms with E-state index in [1.54, 1.807) is 29.5 Å². The highest BCUT2D eigenvalue weighted by Crippen LogP contribution is 2.17. The normalized spacial score (nSPS) is 10.1. The molecule has 1 aromatic carbocycles. The first-order chi connectivity index (χ1) is 10.2. The monoisotopic (exact) mass is 281 g/mol. The maximum absolute atomic E-state index is 4.22. The van der Waals surface area contributed by atoms with Gasteiger partial charge in [-0.25, -0.2) is 19.6 Å². The highest BCUT2D eigenvalue weighted by molar-refractivity contribution is 5.58. The molecule has 0 bridgehead atoms. The molecular weight excluding hydrogens is 262 g/mol. The Hall–Kier alpha value is -2.56. The van der Waals surface area contributed by atoms with Crippen molar-refractivity contribution in [1.82, 2.24) is 24.7 Å². The van der Waals surface area contributed by atoms with Crippen LogP contribution in [0.5, 0.6) is 0 Å². The van der Waals surface area contributed by atoms with E-state index in [1.807, 2.05) is 24.3 Å². The number of rotatable bonds is 2. The van der Waals surface area contributed by atoms with Gasteiger partial charge in [0, 0.05) is 18.0 Å². The summed E-state index contributed by atoms with van der Waals surface area (Å²) in [5.41, 5.74) is 1.89. The lowest BCUT2D eigenvalue weighted by molar-refractivity contribution is 0.737. The van der Waals surface area contributed by atoms with Crippen molar-refractivity contribution in [2.75, 3.05) is 0 Å². The van der Waals surface area contributed by atoms with Gasteiger partial charge in [0.1, 0.15) is 12.7 Å². The predicted molar refractivity (Wildman–Crippen MR) is 82.9 cm³/mol. The molecule has 0 aliphatic rings. The first-order valence-electron chi connectivity index (χ1n) is 6.89. The quantitative estimate of drug-likeness (QED) is 0.722. The first-order valence-corrected chi connectivity index (χ1v) is 6.89. The number of nitrogens with zero attached hydrogens (tertiary/aromatic N) is 5. The van der Waals surface area contributed by atoms with Crippen LogP contribution in [0.15, 0.2) is 55.4 Å². The van der Waals surface area contributed by atoms with E-state index in [1.165, 1.54) is 6.33 Å². The van der Waals surface area contributed by atoms with Crippen LogP contribution in [0.1, 0.15) is 20.8 Å². The summed E-state index contributed by atoms with van der Waals surface area (Å²) in [6, 6.07) is 9.65. The fraction of sp³-hybridized carbons (Fsp3) is 0.250.